The van der Waals surface area contributed by atoms with Gasteiger partial charge in [-0.05, 0) is 34.0 Å². The van der Waals surface area contributed by atoms with Gasteiger partial charge in [-0.1, -0.05) is 20.3 Å². The Balaban J connectivity index is 2.37. The first-order chi connectivity index (χ1) is 9.97. The van der Waals surface area contributed by atoms with E-state index in [1.165, 1.54) is 4.90 Å². The number of amides is 2. The van der Waals surface area contributed by atoms with Gasteiger partial charge in [0.15, 0.2) is 0 Å². The Bertz CT molecular complexity index is 562. The van der Waals surface area contributed by atoms with Crippen molar-refractivity contribution in [1.29, 1.82) is 0 Å². The van der Waals surface area contributed by atoms with E-state index >= 15 is 0 Å². The van der Waals surface area contributed by atoms with E-state index < -0.39 is 6.04 Å². The van der Waals surface area contributed by atoms with Crippen LogP contribution in [0.15, 0.2) is 22.7 Å². The molecule has 1 aromatic rings. The van der Waals surface area contributed by atoms with E-state index in [9.17, 15) is 9.59 Å². The van der Waals surface area contributed by atoms with Crippen molar-refractivity contribution >= 4 is 33.4 Å². The molecule has 0 bridgehead atoms. The molecule has 2 amide bonds. The zero-order chi connectivity index (χ0) is 15.6. The van der Waals surface area contributed by atoms with E-state index in [1.54, 1.807) is 19.2 Å². The Morgan fingerprint density at radius 1 is 1.48 bits per heavy atom. The molecule has 0 aromatic heterocycles. The maximum Gasteiger partial charge on any atom is 0.250 e. The second kappa shape index (κ2) is 6.47. The minimum Gasteiger partial charge on any atom is -0.497 e. The Morgan fingerprint density at radius 3 is 2.81 bits per heavy atom. The second-order valence-electron chi connectivity index (χ2n) is 5.17. The molecule has 0 radical (unpaired) electrons. The number of nitrogens with zero attached hydrogens (tertiary/aromatic N) is 1. The third kappa shape index (κ3) is 3.20. The number of piperazine rings is 1. The molecule has 1 aromatic carbocycles. The Hall–Kier alpha value is -1.56. The molecule has 0 spiro atoms. The summed E-state index contributed by atoms with van der Waals surface area (Å²) in [4.78, 5) is 26.1. The highest BCUT2D eigenvalue weighted by atomic mass is 79.9. The number of anilines is 1. The van der Waals surface area contributed by atoms with Crippen molar-refractivity contribution in [2.24, 2.45) is 5.92 Å². The zero-order valence-electron chi connectivity index (χ0n) is 12.4. The van der Waals surface area contributed by atoms with Crippen molar-refractivity contribution in [2.75, 3.05) is 18.6 Å². The normalized spacial score (nSPS) is 20.2. The lowest BCUT2D eigenvalue weighted by Crippen LogP contribution is -2.60. The number of hydrogen-bond donors (Lipinski definition) is 1. The van der Waals surface area contributed by atoms with E-state index in [1.807, 2.05) is 19.9 Å². The standard InChI is InChI=1S/C15H19BrN2O3/c1-4-9(2)14-15(20)18(8-13(19)17-14)12-7-10(21-3)5-6-11(12)16/h5-7,9,14H,4,8H2,1-3H3,(H,17,19). The third-order valence-corrected chi connectivity index (χ3v) is 4.48. The summed E-state index contributed by atoms with van der Waals surface area (Å²) in [6, 6.07) is 4.89. The lowest BCUT2D eigenvalue weighted by Gasteiger charge is -2.35. The number of hydrogen-bond acceptors (Lipinski definition) is 3. The fourth-order valence-electron chi connectivity index (χ4n) is 2.32. The lowest BCUT2D eigenvalue weighted by molar-refractivity contribution is -0.132. The summed E-state index contributed by atoms with van der Waals surface area (Å²) in [6.45, 7) is 4.00. The quantitative estimate of drug-likeness (QED) is 0.902. The van der Waals surface area contributed by atoms with Gasteiger partial charge in [-0.2, -0.15) is 0 Å². The minimum absolute atomic E-state index is 0.0253. The molecule has 1 aliphatic rings. The van der Waals surface area contributed by atoms with E-state index in [0.717, 1.165) is 10.9 Å². The summed E-state index contributed by atoms with van der Waals surface area (Å²) in [7, 11) is 1.57. The largest absolute Gasteiger partial charge is 0.497 e. The van der Waals surface area contributed by atoms with Gasteiger partial charge in [0.2, 0.25) is 11.8 Å². The van der Waals surface area contributed by atoms with Crippen LogP contribution in [0.3, 0.4) is 0 Å². The molecule has 1 heterocycles. The summed E-state index contributed by atoms with van der Waals surface area (Å²) in [5, 5.41) is 2.79. The van der Waals surface area contributed by atoms with E-state index in [2.05, 4.69) is 21.2 Å². The van der Waals surface area contributed by atoms with Gasteiger partial charge in [0.25, 0.3) is 0 Å². The Morgan fingerprint density at radius 2 is 2.19 bits per heavy atom. The number of ether oxygens (including phenoxy) is 1. The summed E-state index contributed by atoms with van der Waals surface area (Å²) in [5.41, 5.74) is 0.655. The monoisotopic (exact) mass is 354 g/mol. The lowest BCUT2D eigenvalue weighted by atomic mass is 9.96. The fourth-order valence-corrected chi connectivity index (χ4v) is 2.78. The maximum absolute atomic E-state index is 12.7. The molecule has 2 rings (SSSR count). The van der Waals surface area contributed by atoms with Crippen molar-refractivity contribution < 1.29 is 14.3 Å². The number of rotatable bonds is 4. The van der Waals surface area contributed by atoms with Gasteiger partial charge in [0.05, 0.1) is 12.8 Å². The van der Waals surface area contributed by atoms with Crippen LogP contribution < -0.4 is 15.0 Å². The Kier molecular flexibility index (Phi) is 4.88. The van der Waals surface area contributed by atoms with Crippen LogP contribution in [-0.2, 0) is 9.59 Å². The minimum atomic E-state index is -0.477. The first-order valence-electron chi connectivity index (χ1n) is 6.92. The number of methoxy groups -OCH3 is 1. The summed E-state index contributed by atoms with van der Waals surface area (Å²) in [6.07, 6.45) is 0.823. The van der Waals surface area contributed by atoms with Crippen molar-refractivity contribution in [3.63, 3.8) is 0 Å². The highest BCUT2D eigenvalue weighted by Crippen LogP contribution is 2.32. The Labute approximate surface area is 132 Å². The second-order valence-corrected chi connectivity index (χ2v) is 6.03. The number of benzene rings is 1. The van der Waals surface area contributed by atoms with Crippen LogP contribution in [0.4, 0.5) is 5.69 Å². The molecule has 2 atom stereocenters. The predicted molar refractivity (Wildman–Crippen MR) is 84.4 cm³/mol. The zero-order valence-corrected chi connectivity index (χ0v) is 13.9. The van der Waals surface area contributed by atoms with Crippen LogP contribution in [0.25, 0.3) is 0 Å². The first-order valence-corrected chi connectivity index (χ1v) is 7.71. The molecule has 1 aliphatic heterocycles. The molecular formula is C15H19BrN2O3. The van der Waals surface area contributed by atoms with Crippen LogP contribution in [-0.4, -0.2) is 31.5 Å². The molecule has 5 nitrogen and oxygen atoms in total. The first kappa shape index (κ1) is 15.8. The highest BCUT2D eigenvalue weighted by molar-refractivity contribution is 9.10. The molecule has 0 saturated carbocycles. The summed E-state index contributed by atoms with van der Waals surface area (Å²) >= 11 is 3.44. The van der Waals surface area contributed by atoms with Crippen LogP contribution in [0.2, 0.25) is 0 Å². The van der Waals surface area contributed by atoms with Crippen molar-refractivity contribution in [3.8, 4) is 5.75 Å². The maximum atomic E-state index is 12.7. The third-order valence-electron chi connectivity index (χ3n) is 3.81. The van der Waals surface area contributed by atoms with E-state index in [4.69, 9.17) is 4.74 Å². The molecule has 6 heteroatoms. The van der Waals surface area contributed by atoms with Crippen LogP contribution >= 0.6 is 15.9 Å². The molecule has 114 valence electrons. The number of nitrogens with one attached hydrogen (secondary N) is 1. The van der Waals surface area contributed by atoms with Crippen LogP contribution in [0, 0.1) is 5.92 Å². The van der Waals surface area contributed by atoms with Gasteiger partial charge in [-0.3, -0.25) is 14.5 Å². The van der Waals surface area contributed by atoms with Crippen molar-refractivity contribution in [1.82, 2.24) is 5.32 Å². The van der Waals surface area contributed by atoms with Gasteiger partial charge < -0.3 is 10.1 Å². The molecule has 1 N–H and O–H groups in total. The van der Waals surface area contributed by atoms with Crippen molar-refractivity contribution in [2.45, 2.75) is 26.3 Å². The number of halogens is 1. The van der Waals surface area contributed by atoms with Gasteiger partial charge in [0.1, 0.15) is 18.3 Å². The van der Waals surface area contributed by atoms with E-state index in [-0.39, 0.29) is 24.3 Å². The van der Waals surface area contributed by atoms with Gasteiger partial charge in [-0.25, -0.2) is 0 Å². The van der Waals surface area contributed by atoms with Gasteiger partial charge in [-0.15, -0.1) is 0 Å². The van der Waals surface area contributed by atoms with Crippen LogP contribution in [0.5, 0.6) is 5.75 Å². The molecule has 1 fully saturated rings. The summed E-state index contributed by atoms with van der Waals surface area (Å²) < 4.78 is 5.96. The van der Waals surface area contributed by atoms with Crippen LogP contribution in [0.1, 0.15) is 20.3 Å². The SMILES string of the molecule is CCC(C)C1NC(=O)CN(c2cc(OC)ccc2Br)C1=O. The highest BCUT2D eigenvalue weighted by Gasteiger charge is 2.36. The number of carbonyl (C=O) groups is 2. The smallest absolute Gasteiger partial charge is 0.250 e. The summed E-state index contributed by atoms with van der Waals surface area (Å²) in [5.74, 6) is 0.508. The van der Waals surface area contributed by atoms with Gasteiger partial charge >= 0.3 is 0 Å². The predicted octanol–water partition coefficient (Wildman–Crippen LogP) is 2.34. The van der Waals surface area contributed by atoms with Crippen molar-refractivity contribution in [3.05, 3.63) is 22.7 Å². The number of carbonyl (C=O) groups excluding carboxylic acids is 2. The molecular weight excluding hydrogens is 336 g/mol. The average Bonchev–Trinajstić information content (AvgIpc) is 2.49. The van der Waals surface area contributed by atoms with E-state index in [0.29, 0.717) is 11.4 Å². The topological polar surface area (TPSA) is 58.6 Å². The molecule has 0 aliphatic carbocycles. The molecule has 2 unspecified atom stereocenters. The van der Waals surface area contributed by atoms with Gasteiger partial charge in [0, 0.05) is 10.5 Å². The molecule has 1 saturated heterocycles. The molecule has 21 heavy (non-hydrogen) atoms. The average molecular weight is 355 g/mol. The fraction of sp³-hybridized carbons (Fsp3) is 0.467.